The molecule has 0 spiro atoms. The lowest BCUT2D eigenvalue weighted by molar-refractivity contribution is 0.214. The molecule has 0 aliphatic rings. The highest BCUT2D eigenvalue weighted by molar-refractivity contribution is 9.10. The number of aliphatic hydroxyl groups excluding tert-OH is 1. The second-order valence-corrected chi connectivity index (χ2v) is 5.05. The van der Waals surface area contributed by atoms with Crippen molar-refractivity contribution in [1.29, 1.82) is 0 Å². The third-order valence-corrected chi connectivity index (χ3v) is 3.45. The Balaban J connectivity index is 2.31. The van der Waals surface area contributed by atoms with Gasteiger partial charge in [-0.3, -0.25) is 0 Å². The molecular weight excluding hydrogens is 330 g/mol. The predicted octanol–water partition coefficient (Wildman–Crippen LogP) is 4.21. The van der Waals surface area contributed by atoms with Crippen LogP contribution in [0.4, 0.5) is 8.78 Å². The van der Waals surface area contributed by atoms with Crippen LogP contribution >= 0.6 is 15.9 Å². The van der Waals surface area contributed by atoms with Gasteiger partial charge in [-0.1, -0.05) is 12.1 Å². The summed E-state index contributed by atoms with van der Waals surface area (Å²) in [6.45, 7) is 2.40. The smallest absolute Gasteiger partial charge is 0.137 e. The standard InChI is InChI=1S/C15H13BrF2O2/c1-2-20-10-5-3-9(4-6-10)15(19)11-7-14(18)12(16)8-13(11)17/h3-8,15,19H,2H2,1H3. The molecule has 0 saturated heterocycles. The SMILES string of the molecule is CCOc1ccc(C(O)c2cc(F)c(Br)cc2F)cc1. The summed E-state index contributed by atoms with van der Waals surface area (Å²) in [4.78, 5) is 0. The van der Waals surface area contributed by atoms with Crippen molar-refractivity contribution in [3.05, 3.63) is 63.6 Å². The van der Waals surface area contributed by atoms with Gasteiger partial charge in [-0.05, 0) is 52.7 Å². The van der Waals surface area contributed by atoms with Crippen LogP contribution < -0.4 is 4.74 Å². The zero-order valence-electron chi connectivity index (χ0n) is 10.7. The van der Waals surface area contributed by atoms with Crippen LogP contribution in [0.2, 0.25) is 0 Å². The second-order valence-electron chi connectivity index (χ2n) is 4.19. The molecule has 20 heavy (non-hydrogen) atoms. The average molecular weight is 343 g/mol. The van der Waals surface area contributed by atoms with E-state index in [1.165, 1.54) is 0 Å². The molecule has 0 aromatic heterocycles. The lowest BCUT2D eigenvalue weighted by atomic mass is 10.0. The van der Waals surface area contributed by atoms with Crippen LogP contribution in [0.15, 0.2) is 40.9 Å². The first-order valence-electron chi connectivity index (χ1n) is 6.08. The molecule has 1 N–H and O–H groups in total. The Hall–Kier alpha value is -1.46. The lowest BCUT2D eigenvalue weighted by Crippen LogP contribution is -2.04. The summed E-state index contributed by atoms with van der Waals surface area (Å²) in [6.07, 6.45) is -1.23. The highest BCUT2D eigenvalue weighted by atomic mass is 79.9. The fourth-order valence-electron chi connectivity index (χ4n) is 1.84. The first-order chi connectivity index (χ1) is 9.52. The van der Waals surface area contributed by atoms with E-state index in [1.807, 2.05) is 6.92 Å². The van der Waals surface area contributed by atoms with Crippen molar-refractivity contribution in [3.8, 4) is 5.75 Å². The highest BCUT2D eigenvalue weighted by Crippen LogP contribution is 2.29. The average Bonchev–Trinajstić information content (AvgIpc) is 2.43. The summed E-state index contributed by atoms with van der Waals surface area (Å²) in [5, 5.41) is 10.1. The molecule has 0 amide bonds. The number of ether oxygens (including phenoxy) is 1. The van der Waals surface area contributed by atoms with Crippen molar-refractivity contribution in [3.63, 3.8) is 0 Å². The molecule has 0 saturated carbocycles. The molecule has 2 aromatic carbocycles. The molecule has 0 heterocycles. The van der Waals surface area contributed by atoms with Gasteiger partial charge in [0.25, 0.3) is 0 Å². The summed E-state index contributed by atoms with van der Waals surface area (Å²) in [6, 6.07) is 8.58. The van der Waals surface area contributed by atoms with Crippen LogP contribution in [0.25, 0.3) is 0 Å². The third-order valence-electron chi connectivity index (χ3n) is 2.84. The normalized spacial score (nSPS) is 12.2. The molecule has 106 valence electrons. The molecule has 0 bridgehead atoms. The summed E-state index contributed by atoms with van der Waals surface area (Å²) < 4.78 is 32.5. The fraction of sp³-hybridized carbons (Fsp3) is 0.200. The molecule has 2 rings (SSSR count). The molecule has 0 aliphatic heterocycles. The van der Waals surface area contributed by atoms with Crippen molar-refractivity contribution in [1.82, 2.24) is 0 Å². The first-order valence-corrected chi connectivity index (χ1v) is 6.87. The summed E-state index contributed by atoms with van der Waals surface area (Å²) in [7, 11) is 0. The molecule has 0 aliphatic carbocycles. The van der Waals surface area contributed by atoms with Gasteiger partial charge in [-0.15, -0.1) is 0 Å². The Labute approximate surface area is 124 Å². The van der Waals surface area contributed by atoms with Crippen LogP contribution in [0.1, 0.15) is 24.2 Å². The monoisotopic (exact) mass is 342 g/mol. The van der Waals surface area contributed by atoms with Gasteiger partial charge in [0, 0.05) is 5.56 Å². The van der Waals surface area contributed by atoms with Gasteiger partial charge in [0.15, 0.2) is 0 Å². The maximum Gasteiger partial charge on any atom is 0.137 e. The minimum absolute atomic E-state index is 0.0256. The molecule has 0 radical (unpaired) electrons. The van der Waals surface area contributed by atoms with Crippen LogP contribution in [0.3, 0.4) is 0 Å². The minimum atomic E-state index is -1.23. The number of hydrogen-bond acceptors (Lipinski definition) is 2. The zero-order chi connectivity index (χ0) is 14.7. The molecule has 0 fully saturated rings. The largest absolute Gasteiger partial charge is 0.494 e. The zero-order valence-corrected chi connectivity index (χ0v) is 12.3. The van der Waals surface area contributed by atoms with Crippen molar-refractivity contribution < 1.29 is 18.6 Å². The van der Waals surface area contributed by atoms with Gasteiger partial charge in [-0.25, -0.2) is 8.78 Å². The van der Waals surface area contributed by atoms with Crippen molar-refractivity contribution in [2.24, 2.45) is 0 Å². The van der Waals surface area contributed by atoms with Crippen molar-refractivity contribution in [2.45, 2.75) is 13.0 Å². The van der Waals surface area contributed by atoms with Crippen molar-refractivity contribution in [2.75, 3.05) is 6.61 Å². The van der Waals surface area contributed by atoms with Gasteiger partial charge in [-0.2, -0.15) is 0 Å². The van der Waals surface area contributed by atoms with Gasteiger partial charge < -0.3 is 9.84 Å². The van der Waals surface area contributed by atoms with E-state index in [1.54, 1.807) is 24.3 Å². The van der Waals surface area contributed by atoms with Crippen molar-refractivity contribution >= 4 is 15.9 Å². The molecular formula is C15H13BrF2O2. The highest BCUT2D eigenvalue weighted by Gasteiger charge is 2.17. The first kappa shape index (κ1) is 14.9. The van der Waals surface area contributed by atoms with Gasteiger partial charge in [0.2, 0.25) is 0 Å². The van der Waals surface area contributed by atoms with Gasteiger partial charge in [0.1, 0.15) is 23.5 Å². The van der Waals surface area contributed by atoms with Crippen LogP contribution in [-0.4, -0.2) is 11.7 Å². The Bertz CT molecular complexity index is 600. The van der Waals surface area contributed by atoms with E-state index in [0.717, 1.165) is 12.1 Å². The Morgan fingerprint density at radius 1 is 1.15 bits per heavy atom. The topological polar surface area (TPSA) is 29.5 Å². The number of halogens is 3. The lowest BCUT2D eigenvalue weighted by Gasteiger charge is -2.14. The quantitative estimate of drug-likeness (QED) is 0.843. The van der Waals surface area contributed by atoms with E-state index in [9.17, 15) is 13.9 Å². The number of rotatable bonds is 4. The Kier molecular flexibility index (Phi) is 4.73. The third kappa shape index (κ3) is 3.16. The van der Waals surface area contributed by atoms with Crippen LogP contribution in [0.5, 0.6) is 5.75 Å². The van der Waals surface area contributed by atoms with E-state index in [4.69, 9.17) is 4.74 Å². The molecule has 2 aromatic rings. The van der Waals surface area contributed by atoms with Crippen LogP contribution in [-0.2, 0) is 0 Å². The van der Waals surface area contributed by atoms with Gasteiger partial charge >= 0.3 is 0 Å². The molecule has 1 atom stereocenters. The second kappa shape index (κ2) is 6.33. The van der Waals surface area contributed by atoms with E-state index in [2.05, 4.69) is 15.9 Å². The fourth-order valence-corrected chi connectivity index (χ4v) is 2.16. The van der Waals surface area contributed by atoms with Gasteiger partial charge in [0.05, 0.1) is 11.1 Å². The maximum atomic E-state index is 13.8. The summed E-state index contributed by atoms with van der Waals surface area (Å²) in [5.74, 6) is -0.628. The van der Waals surface area contributed by atoms with E-state index in [0.29, 0.717) is 17.9 Å². The molecule has 5 heteroatoms. The predicted molar refractivity (Wildman–Crippen MR) is 75.7 cm³/mol. The Morgan fingerprint density at radius 3 is 2.40 bits per heavy atom. The number of hydrogen-bond donors (Lipinski definition) is 1. The summed E-state index contributed by atoms with van der Waals surface area (Å²) >= 11 is 2.90. The van der Waals surface area contributed by atoms with Crippen LogP contribution in [0, 0.1) is 11.6 Å². The van der Waals surface area contributed by atoms with E-state index in [-0.39, 0.29) is 10.0 Å². The van der Waals surface area contributed by atoms with E-state index >= 15 is 0 Å². The summed E-state index contributed by atoms with van der Waals surface area (Å²) in [5.41, 5.74) is 0.365. The minimum Gasteiger partial charge on any atom is -0.494 e. The number of aliphatic hydroxyl groups is 1. The van der Waals surface area contributed by atoms with E-state index < -0.39 is 17.7 Å². The number of benzene rings is 2. The molecule has 2 nitrogen and oxygen atoms in total. The Morgan fingerprint density at radius 2 is 1.80 bits per heavy atom. The maximum absolute atomic E-state index is 13.8. The molecule has 1 unspecified atom stereocenters.